The summed E-state index contributed by atoms with van der Waals surface area (Å²) in [5, 5.41) is 2.85. The van der Waals surface area contributed by atoms with Crippen LogP contribution in [-0.2, 0) is 6.54 Å². The summed E-state index contributed by atoms with van der Waals surface area (Å²) in [4.78, 5) is 16.4. The van der Waals surface area contributed by atoms with E-state index in [2.05, 4.69) is 36.9 Å². The number of aryl methyl sites for hydroxylation is 2. The van der Waals surface area contributed by atoms with Crippen LogP contribution in [0.3, 0.4) is 0 Å². The number of carbonyl (C=O) groups is 1. The molecule has 114 valence electrons. The Bertz CT molecular complexity index is 807. The molecule has 0 aliphatic carbocycles. The topological polar surface area (TPSA) is 60.1 Å². The van der Waals surface area contributed by atoms with Crippen LogP contribution in [0.5, 0.6) is 0 Å². The third kappa shape index (κ3) is 3.06. The summed E-state index contributed by atoms with van der Waals surface area (Å²) >= 11 is 3.18. The number of furan rings is 1. The predicted octanol–water partition coefficient (Wildman–Crippen LogP) is 3.52. The zero-order chi connectivity index (χ0) is 15.5. The highest BCUT2D eigenvalue weighted by atomic mass is 79.9. The molecule has 0 atom stereocenters. The lowest BCUT2D eigenvalue weighted by Gasteiger charge is -2.07. The molecule has 3 aromatic rings. The van der Waals surface area contributed by atoms with E-state index < -0.39 is 0 Å². The van der Waals surface area contributed by atoms with Gasteiger partial charge in [-0.15, -0.1) is 0 Å². The molecule has 0 aliphatic rings. The minimum Gasteiger partial charge on any atom is -0.444 e. The molecule has 22 heavy (non-hydrogen) atoms. The van der Waals surface area contributed by atoms with Gasteiger partial charge in [0.25, 0.3) is 5.91 Å². The molecule has 6 heteroatoms. The van der Waals surface area contributed by atoms with E-state index in [0.29, 0.717) is 17.0 Å². The van der Waals surface area contributed by atoms with Crippen molar-refractivity contribution in [1.82, 2.24) is 14.9 Å². The quantitative estimate of drug-likeness (QED) is 0.707. The van der Waals surface area contributed by atoms with E-state index in [1.165, 1.54) is 0 Å². The first kappa shape index (κ1) is 14.8. The van der Waals surface area contributed by atoms with Crippen molar-refractivity contribution in [2.75, 3.05) is 6.54 Å². The number of aromatic nitrogens is 2. The second-order valence-corrected chi connectivity index (χ2v) is 5.79. The van der Waals surface area contributed by atoms with Crippen molar-refractivity contribution in [1.29, 1.82) is 0 Å². The van der Waals surface area contributed by atoms with Crippen molar-refractivity contribution in [3.63, 3.8) is 0 Å². The molecule has 1 N–H and O–H groups in total. The number of amides is 1. The molecule has 1 amide bonds. The van der Waals surface area contributed by atoms with Crippen LogP contribution in [-0.4, -0.2) is 22.0 Å². The average molecular weight is 362 g/mol. The van der Waals surface area contributed by atoms with Gasteiger partial charge in [-0.3, -0.25) is 4.79 Å². The lowest BCUT2D eigenvalue weighted by Crippen LogP contribution is -2.24. The van der Waals surface area contributed by atoms with E-state index in [9.17, 15) is 4.79 Å². The molecule has 0 bridgehead atoms. The van der Waals surface area contributed by atoms with Crippen LogP contribution in [0, 0.1) is 6.92 Å². The number of benzene rings is 1. The zero-order valence-electron chi connectivity index (χ0n) is 12.2. The largest absolute Gasteiger partial charge is 0.444 e. The number of rotatable bonds is 5. The first-order valence-electron chi connectivity index (χ1n) is 7.10. The Labute approximate surface area is 136 Å². The average Bonchev–Trinajstić information content (AvgIpc) is 3.07. The van der Waals surface area contributed by atoms with Crippen LogP contribution in [0.15, 0.2) is 45.5 Å². The van der Waals surface area contributed by atoms with Crippen LogP contribution in [0.4, 0.5) is 0 Å². The summed E-state index contributed by atoms with van der Waals surface area (Å²) < 4.78 is 7.94. The first-order chi connectivity index (χ1) is 10.6. The fourth-order valence-electron chi connectivity index (χ4n) is 2.44. The van der Waals surface area contributed by atoms with E-state index >= 15 is 0 Å². The number of carbonyl (C=O) groups excluding carboxylic acids is 1. The van der Waals surface area contributed by atoms with Gasteiger partial charge >= 0.3 is 0 Å². The number of halogens is 1. The maximum Gasteiger partial charge on any atom is 0.287 e. The van der Waals surface area contributed by atoms with Gasteiger partial charge in [-0.25, -0.2) is 4.98 Å². The standard InChI is InChI=1S/C16H16BrN3O2/c1-11-19-12-5-2-3-6-13(12)20(11)10-4-9-18-16(21)14-7-8-15(17)22-14/h2-3,5-8H,4,9-10H2,1H3,(H,18,21). The van der Waals surface area contributed by atoms with E-state index in [4.69, 9.17) is 4.42 Å². The Kier molecular flexibility index (Phi) is 4.29. The Hall–Kier alpha value is -2.08. The van der Waals surface area contributed by atoms with E-state index in [0.717, 1.165) is 29.8 Å². The third-order valence-electron chi connectivity index (χ3n) is 3.49. The fourth-order valence-corrected chi connectivity index (χ4v) is 2.75. The van der Waals surface area contributed by atoms with E-state index in [1.807, 2.05) is 25.1 Å². The summed E-state index contributed by atoms with van der Waals surface area (Å²) in [5.74, 6) is 1.11. The van der Waals surface area contributed by atoms with Crippen molar-refractivity contribution in [3.8, 4) is 0 Å². The van der Waals surface area contributed by atoms with Crippen LogP contribution in [0.2, 0.25) is 0 Å². The molecule has 0 spiro atoms. The minimum absolute atomic E-state index is 0.196. The third-order valence-corrected chi connectivity index (χ3v) is 3.91. The number of hydrogen-bond donors (Lipinski definition) is 1. The molecule has 0 fully saturated rings. The summed E-state index contributed by atoms with van der Waals surface area (Å²) in [6.07, 6.45) is 0.828. The highest BCUT2D eigenvalue weighted by molar-refractivity contribution is 9.10. The highest BCUT2D eigenvalue weighted by Gasteiger charge is 2.10. The monoisotopic (exact) mass is 361 g/mol. The number of fused-ring (bicyclic) bond motifs is 1. The van der Waals surface area contributed by atoms with Gasteiger partial charge in [-0.2, -0.15) is 0 Å². The smallest absolute Gasteiger partial charge is 0.287 e. The second kappa shape index (κ2) is 6.36. The Balaban J connectivity index is 1.56. The predicted molar refractivity (Wildman–Crippen MR) is 87.8 cm³/mol. The molecule has 0 aliphatic heterocycles. The van der Waals surface area contributed by atoms with Crippen LogP contribution in [0.1, 0.15) is 22.8 Å². The Morgan fingerprint density at radius 3 is 2.91 bits per heavy atom. The summed E-state index contributed by atoms with van der Waals surface area (Å²) in [6.45, 7) is 3.40. The Morgan fingerprint density at radius 2 is 2.14 bits per heavy atom. The Morgan fingerprint density at radius 1 is 1.32 bits per heavy atom. The minimum atomic E-state index is -0.196. The second-order valence-electron chi connectivity index (χ2n) is 5.01. The fraction of sp³-hybridized carbons (Fsp3) is 0.250. The molecule has 3 rings (SSSR count). The highest BCUT2D eigenvalue weighted by Crippen LogP contribution is 2.16. The zero-order valence-corrected chi connectivity index (χ0v) is 13.8. The van der Waals surface area contributed by atoms with Crippen LogP contribution < -0.4 is 5.32 Å². The van der Waals surface area contributed by atoms with Gasteiger partial charge < -0.3 is 14.3 Å². The van der Waals surface area contributed by atoms with Crippen LogP contribution in [0.25, 0.3) is 11.0 Å². The molecule has 0 saturated heterocycles. The first-order valence-corrected chi connectivity index (χ1v) is 7.90. The summed E-state index contributed by atoms with van der Waals surface area (Å²) in [7, 11) is 0. The van der Waals surface area contributed by atoms with E-state index in [1.54, 1.807) is 12.1 Å². The summed E-state index contributed by atoms with van der Waals surface area (Å²) in [5.41, 5.74) is 2.13. The lowest BCUT2D eigenvalue weighted by molar-refractivity contribution is 0.0924. The van der Waals surface area contributed by atoms with Crippen molar-refractivity contribution < 1.29 is 9.21 Å². The molecule has 1 aromatic carbocycles. The SMILES string of the molecule is Cc1nc2ccccc2n1CCCNC(=O)c1ccc(Br)o1. The molecule has 0 saturated carbocycles. The molecule has 2 aromatic heterocycles. The van der Waals surface area contributed by atoms with Crippen molar-refractivity contribution in [3.05, 3.63) is 52.7 Å². The van der Waals surface area contributed by atoms with E-state index in [-0.39, 0.29) is 5.91 Å². The molecular weight excluding hydrogens is 346 g/mol. The van der Waals surface area contributed by atoms with Gasteiger partial charge in [-0.1, -0.05) is 12.1 Å². The number of imidazole rings is 1. The van der Waals surface area contributed by atoms with Gasteiger partial charge in [-0.05, 0) is 53.5 Å². The normalized spacial score (nSPS) is 11.0. The molecule has 0 radical (unpaired) electrons. The van der Waals surface area contributed by atoms with Gasteiger partial charge in [0.15, 0.2) is 10.4 Å². The van der Waals surface area contributed by atoms with Gasteiger partial charge in [0.2, 0.25) is 0 Å². The van der Waals surface area contributed by atoms with Crippen molar-refractivity contribution in [2.24, 2.45) is 0 Å². The molecule has 2 heterocycles. The maximum absolute atomic E-state index is 11.9. The number of nitrogens with one attached hydrogen (secondary N) is 1. The van der Waals surface area contributed by atoms with Crippen molar-refractivity contribution >= 4 is 32.9 Å². The molecular formula is C16H16BrN3O2. The molecule has 0 unspecified atom stereocenters. The van der Waals surface area contributed by atoms with Crippen molar-refractivity contribution in [2.45, 2.75) is 19.9 Å². The maximum atomic E-state index is 11.9. The summed E-state index contributed by atoms with van der Waals surface area (Å²) in [6, 6.07) is 11.4. The van der Waals surface area contributed by atoms with Gasteiger partial charge in [0.05, 0.1) is 11.0 Å². The van der Waals surface area contributed by atoms with Crippen LogP contribution >= 0.6 is 15.9 Å². The van der Waals surface area contributed by atoms with Gasteiger partial charge in [0, 0.05) is 13.1 Å². The number of nitrogens with zero attached hydrogens (tertiary/aromatic N) is 2. The number of hydrogen-bond acceptors (Lipinski definition) is 3. The van der Waals surface area contributed by atoms with Gasteiger partial charge in [0.1, 0.15) is 5.82 Å². The number of para-hydroxylation sites is 2. The lowest BCUT2D eigenvalue weighted by atomic mass is 10.3. The molecule has 5 nitrogen and oxygen atoms in total.